The predicted octanol–water partition coefficient (Wildman–Crippen LogP) is -4.61. The first-order valence-corrected chi connectivity index (χ1v) is 2.99. The topological polar surface area (TPSA) is 104 Å². The minimum atomic E-state index is -1.55. The molecule has 0 aliphatic rings. The molecule has 1 N–H and O–H groups in total. The predicted molar refractivity (Wildman–Crippen MR) is 34.9 cm³/mol. The van der Waals surface area contributed by atoms with E-state index in [4.69, 9.17) is 15.0 Å². The summed E-state index contributed by atoms with van der Waals surface area (Å²) in [5, 5.41) is 16.7. The third kappa shape index (κ3) is 24.6. The largest absolute Gasteiger partial charge is 1.00 e. The molecular weight excluding hydrogens is 191 g/mol. The van der Waals surface area contributed by atoms with Crippen LogP contribution in [-0.2, 0) is 19.1 Å². The number of carboxylic acid groups (broad SMARTS) is 2. The number of carboxylic acids is 2. The van der Waals surface area contributed by atoms with Gasteiger partial charge in [0.05, 0.1) is 6.61 Å². The zero-order chi connectivity index (χ0) is 10.1. The van der Waals surface area contributed by atoms with E-state index >= 15 is 0 Å². The number of esters is 1. The van der Waals surface area contributed by atoms with Gasteiger partial charge in [-0.05, 0) is 13.8 Å². The van der Waals surface area contributed by atoms with Crippen LogP contribution in [0.3, 0.4) is 0 Å². The van der Waals surface area contributed by atoms with Gasteiger partial charge in [-0.15, -0.1) is 0 Å². The Balaban J connectivity index is -0.000000173. The molecule has 70 valence electrons. The molecule has 0 radical (unpaired) electrons. The molecule has 0 spiro atoms. The smallest absolute Gasteiger partial charge is 0.550 e. The molecule has 0 atom stereocenters. The summed E-state index contributed by atoms with van der Waals surface area (Å²) in [5.74, 6) is -3.83. The summed E-state index contributed by atoms with van der Waals surface area (Å²) in [6.07, 6.45) is 0. The summed E-state index contributed by atoms with van der Waals surface area (Å²) in [6.45, 7) is 2.62. The van der Waals surface area contributed by atoms with Gasteiger partial charge in [0.1, 0.15) is 0 Å². The van der Waals surface area contributed by atoms with Crippen molar-refractivity contribution in [2.24, 2.45) is 0 Å². The summed E-state index contributed by atoms with van der Waals surface area (Å²) < 4.78 is 4.06. The number of carbonyl (C=O) groups excluding carboxylic acids is 2. The van der Waals surface area contributed by atoms with Gasteiger partial charge in [0.2, 0.25) is 0 Å². The van der Waals surface area contributed by atoms with Crippen molar-refractivity contribution >= 4 is 17.9 Å². The molecule has 0 fully saturated rings. The maximum atomic E-state index is 9.92. The number of aliphatic carboxylic acids is 2. The molecule has 0 saturated heterocycles. The van der Waals surface area contributed by atoms with Gasteiger partial charge >= 0.3 is 41.5 Å². The molecule has 0 saturated carbocycles. The second kappa shape index (κ2) is 11.4. The van der Waals surface area contributed by atoms with Crippen molar-refractivity contribution in [2.75, 3.05) is 6.61 Å². The van der Waals surface area contributed by atoms with Gasteiger partial charge in [-0.25, -0.2) is 9.59 Å². The Kier molecular flexibility index (Phi) is 16.0. The van der Waals surface area contributed by atoms with Crippen molar-refractivity contribution in [3.05, 3.63) is 0 Å². The Morgan fingerprint density at radius 3 is 1.77 bits per heavy atom. The van der Waals surface area contributed by atoms with Gasteiger partial charge in [0, 0.05) is 5.97 Å². The zero-order valence-electron chi connectivity index (χ0n) is 7.70. The molecule has 0 aromatic heterocycles. The van der Waals surface area contributed by atoms with Crippen LogP contribution in [0.2, 0.25) is 0 Å². The molecule has 0 rings (SSSR count). The molecule has 0 aliphatic carbocycles. The Morgan fingerprint density at radius 2 is 1.69 bits per heavy atom. The molecule has 7 heteroatoms. The number of ether oxygens (including phenoxy) is 1. The van der Waals surface area contributed by atoms with Crippen molar-refractivity contribution in [1.82, 2.24) is 0 Å². The van der Waals surface area contributed by atoms with Crippen molar-refractivity contribution in [3.8, 4) is 0 Å². The number of carbonyl (C=O) groups is 3. The van der Waals surface area contributed by atoms with Crippen molar-refractivity contribution in [3.63, 3.8) is 0 Å². The Bertz CT molecular complexity index is 174. The van der Waals surface area contributed by atoms with Crippen LogP contribution in [0, 0.1) is 0 Å². The molecule has 13 heavy (non-hydrogen) atoms. The van der Waals surface area contributed by atoms with Gasteiger partial charge in [-0.2, -0.15) is 0 Å². The molecule has 0 aliphatic heterocycles. The van der Waals surface area contributed by atoms with Crippen molar-refractivity contribution < 1.29 is 58.9 Å². The average Bonchev–Trinajstić information content (AvgIpc) is 1.86. The standard InChI is InChI=1S/C4H6O4.C2H4O2.Na/c1-2-8-4(7)3(5)6;1-2(3)4;/h2H2,1H3,(H,5,6);1H3,(H,3,4);/q;;+1/p-1. The number of rotatable bonds is 1. The van der Waals surface area contributed by atoms with Gasteiger partial charge in [0.15, 0.2) is 0 Å². The first-order valence-electron chi connectivity index (χ1n) is 2.99. The minimum Gasteiger partial charge on any atom is -0.550 e. The maximum absolute atomic E-state index is 9.92. The summed E-state index contributed by atoms with van der Waals surface area (Å²) in [7, 11) is 0. The fourth-order valence-electron chi connectivity index (χ4n) is 0.193. The third-order valence-electron chi connectivity index (χ3n) is 0.450. The summed E-state index contributed by atoms with van der Waals surface area (Å²) in [6, 6.07) is 0. The molecule has 6 nitrogen and oxygen atoms in total. The summed E-state index contributed by atoms with van der Waals surface area (Å²) in [4.78, 5) is 28.4. The first kappa shape index (κ1) is 18.2. The minimum absolute atomic E-state index is 0. The number of hydrogen-bond donors (Lipinski definition) is 1. The Hall–Kier alpha value is -0.590. The molecular formula is C6H9NaO6. The van der Waals surface area contributed by atoms with E-state index in [1.54, 1.807) is 6.92 Å². The normalized spacial score (nSPS) is 6.92. The third-order valence-corrected chi connectivity index (χ3v) is 0.450. The van der Waals surface area contributed by atoms with Gasteiger partial charge in [-0.3, -0.25) is 0 Å². The Labute approximate surface area is 97.2 Å². The fourth-order valence-corrected chi connectivity index (χ4v) is 0.193. The van der Waals surface area contributed by atoms with Crippen LogP contribution >= 0.6 is 0 Å². The van der Waals surface area contributed by atoms with E-state index in [2.05, 4.69) is 4.74 Å². The monoisotopic (exact) mass is 200 g/mol. The van der Waals surface area contributed by atoms with E-state index in [9.17, 15) is 9.59 Å². The van der Waals surface area contributed by atoms with E-state index in [0.29, 0.717) is 0 Å². The Morgan fingerprint density at radius 1 is 1.38 bits per heavy atom. The summed E-state index contributed by atoms with van der Waals surface area (Å²) >= 11 is 0. The van der Waals surface area contributed by atoms with Crippen molar-refractivity contribution in [2.45, 2.75) is 13.8 Å². The van der Waals surface area contributed by atoms with E-state index in [0.717, 1.165) is 6.92 Å². The van der Waals surface area contributed by atoms with Crippen LogP contribution in [0.25, 0.3) is 0 Å². The maximum Gasteiger partial charge on any atom is 1.00 e. The van der Waals surface area contributed by atoms with E-state index < -0.39 is 17.9 Å². The molecule has 0 aromatic rings. The summed E-state index contributed by atoms with van der Waals surface area (Å²) in [5.41, 5.74) is 0. The molecule has 0 bridgehead atoms. The average molecular weight is 200 g/mol. The van der Waals surface area contributed by atoms with E-state index in [1.807, 2.05) is 0 Å². The second-order valence-corrected chi connectivity index (χ2v) is 1.52. The van der Waals surface area contributed by atoms with E-state index in [-0.39, 0.29) is 36.2 Å². The molecule has 0 unspecified atom stereocenters. The molecule has 0 heterocycles. The zero-order valence-corrected chi connectivity index (χ0v) is 9.70. The van der Waals surface area contributed by atoms with Crippen LogP contribution in [0.1, 0.15) is 13.8 Å². The molecule has 0 amide bonds. The van der Waals surface area contributed by atoms with Crippen LogP contribution in [0.15, 0.2) is 0 Å². The quantitative estimate of drug-likeness (QED) is 0.259. The van der Waals surface area contributed by atoms with Gasteiger partial charge in [-0.1, -0.05) is 0 Å². The van der Waals surface area contributed by atoms with Crippen molar-refractivity contribution in [1.29, 1.82) is 0 Å². The van der Waals surface area contributed by atoms with Gasteiger partial charge < -0.3 is 19.7 Å². The van der Waals surface area contributed by atoms with E-state index in [1.165, 1.54) is 0 Å². The molecule has 0 aromatic carbocycles. The van der Waals surface area contributed by atoms with Gasteiger partial charge in [0.25, 0.3) is 0 Å². The van der Waals surface area contributed by atoms with Crippen LogP contribution in [-0.4, -0.2) is 29.6 Å². The van der Waals surface area contributed by atoms with Crippen LogP contribution in [0.5, 0.6) is 0 Å². The fraction of sp³-hybridized carbons (Fsp3) is 0.500. The first-order chi connectivity index (χ1) is 5.41. The van der Waals surface area contributed by atoms with Crippen LogP contribution < -0.4 is 34.7 Å². The SMILES string of the molecule is CC(=O)[O-].CCOC(=O)C(=O)O.[Na+]. The second-order valence-electron chi connectivity index (χ2n) is 1.52. The number of hydrogen-bond acceptors (Lipinski definition) is 5. The van der Waals surface area contributed by atoms with Crippen LogP contribution in [0.4, 0.5) is 0 Å².